The van der Waals surface area contributed by atoms with E-state index in [1.807, 2.05) is 0 Å². The highest BCUT2D eigenvalue weighted by molar-refractivity contribution is 5.76. The van der Waals surface area contributed by atoms with Crippen LogP contribution in [-0.4, -0.2) is 47.4 Å². The number of allylic oxidation sites excluding steroid dienone is 6. The maximum absolute atomic E-state index is 12.5. The minimum atomic E-state index is -0.674. The highest BCUT2D eigenvalue weighted by atomic mass is 16.5. The van der Waals surface area contributed by atoms with Crippen molar-refractivity contribution < 1.29 is 24.5 Å². The molecule has 0 heterocycles. The molecule has 0 aliphatic carbocycles. The largest absolute Gasteiger partial charge is 0.466 e. The van der Waals surface area contributed by atoms with Crippen molar-refractivity contribution in [2.75, 3.05) is 13.2 Å². The van der Waals surface area contributed by atoms with Crippen molar-refractivity contribution in [3.63, 3.8) is 0 Å². The van der Waals surface area contributed by atoms with Crippen molar-refractivity contribution in [2.45, 2.75) is 341 Å². The average Bonchev–Trinajstić information content (AvgIpc) is 3.35. The highest BCUT2D eigenvalue weighted by Crippen LogP contribution is 2.17. The molecular formula is C63H119NO5. The molecule has 6 nitrogen and oxygen atoms in total. The molecule has 3 N–H and O–H groups in total. The van der Waals surface area contributed by atoms with Gasteiger partial charge in [-0.2, -0.15) is 0 Å². The van der Waals surface area contributed by atoms with Crippen LogP contribution in [-0.2, 0) is 14.3 Å². The van der Waals surface area contributed by atoms with Gasteiger partial charge >= 0.3 is 5.97 Å². The average molecular weight is 971 g/mol. The lowest BCUT2D eigenvalue weighted by atomic mass is 10.0. The summed E-state index contributed by atoms with van der Waals surface area (Å²) in [5, 5.41) is 23.3. The van der Waals surface area contributed by atoms with Crippen LogP contribution in [0.15, 0.2) is 36.5 Å². The van der Waals surface area contributed by atoms with Crippen LogP contribution in [0, 0.1) is 0 Å². The summed E-state index contributed by atoms with van der Waals surface area (Å²) in [7, 11) is 0. The summed E-state index contributed by atoms with van der Waals surface area (Å²) in [6.45, 7) is 4.92. The molecule has 0 saturated carbocycles. The third-order valence-corrected chi connectivity index (χ3v) is 14.2. The molecule has 1 amide bonds. The van der Waals surface area contributed by atoms with Crippen molar-refractivity contribution >= 4 is 11.9 Å². The normalized spacial score (nSPS) is 12.8. The fraction of sp³-hybridized carbons (Fsp3) is 0.873. The Morgan fingerprint density at radius 3 is 1.14 bits per heavy atom. The first kappa shape index (κ1) is 67.1. The molecule has 0 saturated heterocycles. The molecule has 0 radical (unpaired) electrons. The molecule has 0 aromatic carbocycles. The molecule has 0 spiro atoms. The zero-order chi connectivity index (χ0) is 50.0. The Morgan fingerprint density at radius 1 is 0.406 bits per heavy atom. The van der Waals surface area contributed by atoms with E-state index in [9.17, 15) is 19.8 Å². The number of rotatable bonds is 57. The van der Waals surface area contributed by atoms with Crippen LogP contribution < -0.4 is 5.32 Å². The number of aliphatic hydroxyl groups is 2. The molecule has 0 aromatic rings. The summed E-state index contributed by atoms with van der Waals surface area (Å²) in [5.74, 6) is -0.0583. The lowest BCUT2D eigenvalue weighted by Crippen LogP contribution is -2.45. The molecule has 406 valence electrons. The van der Waals surface area contributed by atoms with Gasteiger partial charge in [-0.15, -0.1) is 0 Å². The molecule has 69 heavy (non-hydrogen) atoms. The van der Waals surface area contributed by atoms with Gasteiger partial charge in [-0.3, -0.25) is 9.59 Å². The second-order valence-corrected chi connectivity index (χ2v) is 21.0. The summed E-state index contributed by atoms with van der Waals surface area (Å²) in [5.41, 5.74) is 0. The van der Waals surface area contributed by atoms with Crippen molar-refractivity contribution in [3.05, 3.63) is 36.5 Å². The van der Waals surface area contributed by atoms with Crippen LogP contribution in [0.4, 0.5) is 0 Å². The Bertz CT molecular complexity index is 1120. The van der Waals surface area contributed by atoms with Gasteiger partial charge in [0.1, 0.15) is 0 Å². The van der Waals surface area contributed by atoms with Gasteiger partial charge in [-0.25, -0.2) is 0 Å². The molecule has 0 aliphatic rings. The molecule has 0 rings (SSSR count). The van der Waals surface area contributed by atoms with Crippen LogP contribution in [0.5, 0.6) is 0 Å². The van der Waals surface area contributed by atoms with E-state index in [1.54, 1.807) is 0 Å². The number of ether oxygens (including phenoxy) is 1. The minimum Gasteiger partial charge on any atom is -0.466 e. The predicted octanol–water partition coefficient (Wildman–Crippen LogP) is 19.2. The predicted molar refractivity (Wildman–Crippen MR) is 301 cm³/mol. The molecule has 0 bridgehead atoms. The highest BCUT2D eigenvalue weighted by Gasteiger charge is 2.20. The Balaban J connectivity index is 3.46. The SMILES string of the molecule is CCCCC/C=C\C/C=C\CCCCCCCC(=O)OCCCCCCCCCCC/C=C\CCCCCCCC(=O)NC(CO)C(O)CCCCCCCCCCCCCCCCCCCCC. The maximum Gasteiger partial charge on any atom is 0.305 e. The number of amides is 1. The standard InChI is InChI=1S/C63H119NO5/c1-3-5-7-9-11-13-15-17-19-20-21-24-28-31-35-39-43-47-51-55-61(66)60(59-65)64-62(67)56-52-48-44-40-36-32-29-25-22-23-26-30-34-38-42-46-50-54-58-69-63(68)57-53-49-45-41-37-33-27-18-16-14-12-10-8-6-4-2/h12,14,18,25,27,29,60-61,65-66H,3-11,13,15-17,19-24,26,28,30-59H2,1-2H3,(H,64,67)/b14-12-,27-18-,29-25-. The number of aliphatic hydroxyl groups excluding tert-OH is 2. The van der Waals surface area contributed by atoms with Crippen molar-refractivity contribution in [3.8, 4) is 0 Å². The summed E-state index contributed by atoms with van der Waals surface area (Å²) < 4.78 is 5.47. The molecule has 0 fully saturated rings. The zero-order valence-corrected chi connectivity index (χ0v) is 46.3. The van der Waals surface area contributed by atoms with Crippen molar-refractivity contribution in [2.24, 2.45) is 0 Å². The van der Waals surface area contributed by atoms with E-state index in [0.717, 1.165) is 70.6 Å². The smallest absolute Gasteiger partial charge is 0.305 e. The van der Waals surface area contributed by atoms with Crippen LogP contribution >= 0.6 is 0 Å². The number of hydrogen-bond donors (Lipinski definition) is 3. The number of unbranched alkanes of at least 4 members (excludes halogenated alkanes) is 40. The van der Waals surface area contributed by atoms with Gasteiger partial charge in [0.25, 0.3) is 0 Å². The second-order valence-electron chi connectivity index (χ2n) is 21.0. The van der Waals surface area contributed by atoms with Gasteiger partial charge < -0.3 is 20.3 Å². The van der Waals surface area contributed by atoms with E-state index in [0.29, 0.717) is 25.9 Å². The monoisotopic (exact) mass is 970 g/mol. The number of carbonyl (C=O) groups is 2. The van der Waals surface area contributed by atoms with E-state index in [4.69, 9.17) is 4.74 Å². The quantitative estimate of drug-likeness (QED) is 0.0321. The first-order valence-corrected chi connectivity index (χ1v) is 30.7. The van der Waals surface area contributed by atoms with Crippen LogP contribution in [0.1, 0.15) is 328 Å². The van der Waals surface area contributed by atoms with E-state index >= 15 is 0 Å². The summed E-state index contributed by atoms with van der Waals surface area (Å²) in [4.78, 5) is 24.6. The van der Waals surface area contributed by atoms with E-state index in [-0.39, 0.29) is 18.5 Å². The maximum atomic E-state index is 12.5. The summed E-state index contributed by atoms with van der Waals surface area (Å²) >= 11 is 0. The molecule has 6 heteroatoms. The molecule has 0 aromatic heterocycles. The lowest BCUT2D eigenvalue weighted by molar-refractivity contribution is -0.143. The Kier molecular flexibility index (Phi) is 57.0. The van der Waals surface area contributed by atoms with Gasteiger partial charge in [0, 0.05) is 12.8 Å². The fourth-order valence-corrected chi connectivity index (χ4v) is 9.43. The molecular weight excluding hydrogens is 851 g/mol. The van der Waals surface area contributed by atoms with E-state index in [2.05, 4.69) is 55.6 Å². The number of carbonyl (C=O) groups excluding carboxylic acids is 2. The Labute approximate surface area is 430 Å². The summed E-state index contributed by atoms with van der Waals surface area (Å²) in [6.07, 6.45) is 72.8. The third kappa shape index (κ3) is 55.2. The van der Waals surface area contributed by atoms with Gasteiger partial charge in [-0.1, -0.05) is 269 Å². The zero-order valence-electron chi connectivity index (χ0n) is 46.3. The summed E-state index contributed by atoms with van der Waals surface area (Å²) in [6, 6.07) is -0.553. The number of nitrogens with one attached hydrogen (secondary N) is 1. The van der Waals surface area contributed by atoms with Gasteiger partial charge in [-0.05, 0) is 83.5 Å². The minimum absolute atomic E-state index is 0.0108. The third-order valence-electron chi connectivity index (χ3n) is 14.2. The Morgan fingerprint density at radius 2 is 0.725 bits per heavy atom. The first-order chi connectivity index (χ1) is 34.0. The van der Waals surface area contributed by atoms with Crippen LogP contribution in [0.3, 0.4) is 0 Å². The molecule has 2 unspecified atom stereocenters. The molecule has 0 aliphatic heterocycles. The van der Waals surface area contributed by atoms with E-state index in [1.165, 1.54) is 225 Å². The fourth-order valence-electron chi connectivity index (χ4n) is 9.43. The number of esters is 1. The topological polar surface area (TPSA) is 95.9 Å². The van der Waals surface area contributed by atoms with Gasteiger partial charge in [0.05, 0.1) is 25.4 Å². The number of hydrogen-bond acceptors (Lipinski definition) is 5. The van der Waals surface area contributed by atoms with Gasteiger partial charge in [0.15, 0.2) is 0 Å². The molecule has 2 atom stereocenters. The van der Waals surface area contributed by atoms with Gasteiger partial charge in [0.2, 0.25) is 5.91 Å². The van der Waals surface area contributed by atoms with Crippen LogP contribution in [0.2, 0.25) is 0 Å². The lowest BCUT2D eigenvalue weighted by Gasteiger charge is -2.22. The second kappa shape index (κ2) is 58.6. The van der Waals surface area contributed by atoms with Crippen molar-refractivity contribution in [1.29, 1.82) is 0 Å². The first-order valence-electron chi connectivity index (χ1n) is 30.7. The van der Waals surface area contributed by atoms with E-state index < -0.39 is 12.1 Å². The van der Waals surface area contributed by atoms with Crippen molar-refractivity contribution in [1.82, 2.24) is 5.32 Å². The Hall–Kier alpha value is -1.92. The van der Waals surface area contributed by atoms with Crippen LogP contribution in [0.25, 0.3) is 0 Å².